The molecule has 0 aromatic heterocycles. The molecule has 0 aliphatic rings. The van der Waals surface area contributed by atoms with Gasteiger partial charge in [0.1, 0.15) is 6.23 Å². The topological polar surface area (TPSA) is 142 Å². The summed E-state index contributed by atoms with van der Waals surface area (Å²) in [4.78, 5) is 11.2. The molecule has 1 amide bonds. The fourth-order valence-corrected chi connectivity index (χ4v) is 5.91. The third kappa shape index (κ3) is 8.17. The molecular weight excluding hydrogens is 478 g/mol. The number of carbonyl (C=O) groups excluding carboxylic acids is 1. The quantitative estimate of drug-likeness (QED) is 0.497. The van der Waals surface area contributed by atoms with Crippen LogP contribution < -0.4 is 15.2 Å². The first-order valence-corrected chi connectivity index (χ1v) is 13.5. The van der Waals surface area contributed by atoms with Crippen molar-refractivity contribution in [1.82, 2.24) is 15.2 Å². The van der Waals surface area contributed by atoms with Crippen LogP contribution >= 0.6 is 0 Å². The first-order chi connectivity index (χ1) is 15.4. The van der Waals surface area contributed by atoms with E-state index >= 15 is 0 Å². The van der Waals surface area contributed by atoms with Gasteiger partial charge >= 0.3 is 0 Å². The van der Waals surface area contributed by atoms with Crippen molar-refractivity contribution in [2.75, 3.05) is 0 Å². The van der Waals surface area contributed by atoms with E-state index in [2.05, 4.69) is 9.44 Å². The number of rotatable bonds is 9. The van der Waals surface area contributed by atoms with E-state index in [4.69, 9.17) is 10.5 Å². The number of carbonyl (C=O) groups is 1. The van der Waals surface area contributed by atoms with Gasteiger partial charge in [-0.3, -0.25) is 10.5 Å². The zero-order chi connectivity index (χ0) is 25.9. The number of sulfonamides is 2. The Morgan fingerprint density at radius 1 is 0.912 bits per heavy atom. The average molecular weight is 511 g/mol. The minimum atomic E-state index is -4.08. The second-order valence-corrected chi connectivity index (χ2v) is 13.2. The first kappa shape index (κ1) is 27.9. The SMILES string of the molecule is CC(C)(C)NS(=O)(=O)c1ccccc1-c1ccc(S(=O)(=O)NC(CC([NH])=O)OC(C)(C)C)cc1. The van der Waals surface area contributed by atoms with Gasteiger partial charge < -0.3 is 4.74 Å². The van der Waals surface area contributed by atoms with E-state index in [9.17, 15) is 21.6 Å². The highest BCUT2D eigenvalue weighted by molar-refractivity contribution is 7.90. The number of nitrogens with one attached hydrogen (secondary N) is 3. The maximum absolute atomic E-state index is 12.9. The van der Waals surface area contributed by atoms with Gasteiger partial charge in [0.25, 0.3) is 0 Å². The molecule has 2 aromatic rings. The maximum Gasteiger partial charge on any atom is 0.242 e. The van der Waals surface area contributed by atoms with Crippen molar-refractivity contribution in [3.8, 4) is 11.1 Å². The zero-order valence-electron chi connectivity index (χ0n) is 20.2. The summed E-state index contributed by atoms with van der Waals surface area (Å²) in [6.45, 7) is 10.3. The minimum Gasteiger partial charge on any atom is -0.356 e. The van der Waals surface area contributed by atoms with Gasteiger partial charge in [0.05, 0.1) is 21.8 Å². The molecule has 0 aliphatic heterocycles. The molecule has 0 aliphatic carbocycles. The molecule has 3 N–H and O–H groups in total. The second kappa shape index (κ2) is 10.1. The fourth-order valence-electron chi connectivity index (χ4n) is 3.15. The Labute approximate surface area is 202 Å². The van der Waals surface area contributed by atoms with E-state index in [0.717, 1.165) is 0 Å². The van der Waals surface area contributed by atoms with Crippen molar-refractivity contribution in [1.29, 1.82) is 0 Å². The number of benzene rings is 2. The highest BCUT2D eigenvalue weighted by Crippen LogP contribution is 2.29. The summed E-state index contributed by atoms with van der Waals surface area (Å²) in [5.74, 6) is -0.964. The van der Waals surface area contributed by atoms with Crippen LogP contribution in [-0.2, 0) is 29.6 Å². The van der Waals surface area contributed by atoms with Crippen molar-refractivity contribution in [2.45, 2.75) is 75.1 Å². The van der Waals surface area contributed by atoms with E-state index in [1.165, 1.54) is 30.3 Å². The van der Waals surface area contributed by atoms with Crippen LogP contribution in [0.3, 0.4) is 0 Å². The first-order valence-electron chi connectivity index (χ1n) is 10.6. The van der Waals surface area contributed by atoms with Crippen LogP contribution in [0.2, 0.25) is 0 Å². The van der Waals surface area contributed by atoms with Gasteiger partial charge in [-0.15, -0.1) is 0 Å². The van der Waals surface area contributed by atoms with E-state index in [-0.39, 0.29) is 9.79 Å². The molecule has 0 heterocycles. The van der Waals surface area contributed by atoms with Crippen molar-refractivity contribution >= 4 is 26.0 Å². The van der Waals surface area contributed by atoms with Crippen molar-refractivity contribution in [3.63, 3.8) is 0 Å². The summed E-state index contributed by atoms with van der Waals surface area (Å²) in [5, 5.41) is 0. The van der Waals surface area contributed by atoms with Crippen molar-refractivity contribution in [2.24, 2.45) is 0 Å². The summed E-state index contributed by atoms with van der Waals surface area (Å²) < 4.78 is 62.1. The molecule has 2 aromatic carbocycles. The molecule has 0 saturated heterocycles. The van der Waals surface area contributed by atoms with Crippen LogP contribution in [0.25, 0.3) is 11.1 Å². The van der Waals surface area contributed by atoms with Gasteiger partial charge in [0.2, 0.25) is 26.0 Å². The summed E-state index contributed by atoms with van der Waals surface area (Å²) in [6, 6.07) is 12.2. The fraction of sp³-hybridized carbons (Fsp3) is 0.435. The predicted molar refractivity (Wildman–Crippen MR) is 130 cm³/mol. The molecule has 1 atom stereocenters. The summed E-state index contributed by atoms with van der Waals surface area (Å²) in [5.41, 5.74) is 6.68. The molecule has 0 spiro atoms. The molecule has 11 heteroatoms. The third-order valence-electron chi connectivity index (χ3n) is 4.25. The Morgan fingerprint density at radius 2 is 1.47 bits per heavy atom. The molecule has 34 heavy (non-hydrogen) atoms. The van der Waals surface area contributed by atoms with Crippen LogP contribution in [0, 0.1) is 0 Å². The van der Waals surface area contributed by atoms with Gasteiger partial charge in [-0.2, -0.15) is 4.72 Å². The van der Waals surface area contributed by atoms with E-state index in [0.29, 0.717) is 11.1 Å². The van der Waals surface area contributed by atoms with Gasteiger partial charge in [0.15, 0.2) is 0 Å². The highest BCUT2D eigenvalue weighted by Gasteiger charge is 2.27. The van der Waals surface area contributed by atoms with Gasteiger partial charge in [-0.05, 0) is 65.3 Å². The molecule has 1 radical (unpaired) electrons. The second-order valence-electron chi connectivity index (χ2n) is 9.84. The lowest BCUT2D eigenvalue weighted by atomic mass is 10.1. The van der Waals surface area contributed by atoms with Crippen LogP contribution in [0.5, 0.6) is 0 Å². The average Bonchev–Trinajstić information content (AvgIpc) is 2.64. The Hall–Kier alpha value is -2.31. The zero-order valence-corrected chi connectivity index (χ0v) is 21.8. The Kier molecular flexibility index (Phi) is 8.32. The molecule has 187 valence electrons. The number of amides is 1. The smallest absolute Gasteiger partial charge is 0.242 e. The van der Waals surface area contributed by atoms with Gasteiger partial charge in [0, 0.05) is 11.1 Å². The van der Waals surface area contributed by atoms with Crippen LogP contribution in [0.1, 0.15) is 48.0 Å². The number of hydrogen-bond acceptors (Lipinski definition) is 6. The molecule has 0 fully saturated rings. The van der Waals surface area contributed by atoms with Gasteiger partial charge in [-0.25, -0.2) is 21.6 Å². The van der Waals surface area contributed by atoms with Crippen LogP contribution in [0.4, 0.5) is 0 Å². The van der Waals surface area contributed by atoms with Gasteiger partial charge in [-0.1, -0.05) is 30.3 Å². The van der Waals surface area contributed by atoms with Crippen molar-refractivity contribution < 1.29 is 26.4 Å². The molecule has 0 bridgehead atoms. The monoisotopic (exact) mass is 510 g/mol. The Morgan fingerprint density at radius 3 is 1.97 bits per heavy atom. The molecule has 0 saturated carbocycles. The lowest BCUT2D eigenvalue weighted by molar-refractivity contribution is -0.125. The number of ether oxygens (including phenoxy) is 1. The molecular formula is C23H32N3O6S2. The van der Waals surface area contributed by atoms with E-state index in [1.807, 2.05) is 0 Å². The van der Waals surface area contributed by atoms with Crippen LogP contribution in [0.15, 0.2) is 58.3 Å². The normalized spacial score (nSPS) is 14.1. The Balaban J connectivity index is 2.38. The third-order valence-corrected chi connectivity index (χ3v) is 7.53. The minimum absolute atomic E-state index is 0.0752. The number of hydrogen-bond donors (Lipinski definition) is 2. The summed E-state index contributed by atoms with van der Waals surface area (Å²) >= 11 is 0. The van der Waals surface area contributed by atoms with E-state index < -0.39 is 49.7 Å². The lowest BCUT2D eigenvalue weighted by Crippen LogP contribution is -2.42. The molecule has 1 unspecified atom stereocenters. The lowest BCUT2D eigenvalue weighted by Gasteiger charge is -2.27. The maximum atomic E-state index is 12.9. The Bertz CT molecular complexity index is 1230. The standard InChI is InChI=1S/C23H32N3O6S2/c1-22(2,3)26-34(30,31)19-10-8-7-9-18(19)16-11-13-17(14-12-16)33(28,29)25-21(15-20(24)27)32-23(4,5)6/h7-14,21,24-26H,15H2,1-6H3. The summed E-state index contributed by atoms with van der Waals surface area (Å²) in [6.07, 6.45) is -1.65. The molecule has 2 rings (SSSR count). The molecule has 9 nitrogen and oxygen atoms in total. The van der Waals surface area contributed by atoms with Crippen molar-refractivity contribution in [3.05, 3.63) is 48.5 Å². The van der Waals surface area contributed by atoms with E-state index in [1.54, 1.807) is 59.7 Å². The highest BCUT2D eigenvalue weighted by atomic mass is 32.2. The predicted octanol–water partition coefficient (Wildman–Crippen LogP) is 3.05. The largest absolute Gasteiger partial charge is 0.356 e. The van der Waals surface area contributed by atoms with Crippen LogP contribution in [-0.4, -0.2) is 40.1 Å². The summed E-state index contributed by atoms with van der Waals surface area (Å²) in [7, 11) is -7.91.